The van der Waals surface area contributed by atoms with E-state index < -0.39 is 29.0 Å². The minimum absolute atomic E-state index is 0.00399. The van der Waals surface area contributed by atoms with Gasteiger partial charge in [-0.25, -0.2) is 9.18 Å². The molecule has 0 aliphatic carbocycles. The number of methoxy groups -OCH3 is 1. The molecule has 3 aromatic carbocycles. The quantitative estimate of drug-likeness (QED) is 0.362. The van der Waals surface area contributed by atoms with Gasteiger partial charge in [0, 0.05) is 30.9 Å². The second-order valence-corrected chi connectivity index (χ2v) is 10.7. The van der Waals surface area contributed by atoms with Crippen LogP contribution in [0.2, 0.25) is 5.02 Å². The minimum Gasteiger partial charge on any atom is -0.478 e. The molecule has 0 radical (unpaired) electrons. The average Bonchev–Trinajstić information content (AvgIpc) is 3.21. The van der Waals surface area contributed by atoms with Crippen molar-refractivity contribution in [2.24, 2.45) is 5.92 Å². The van der Waals surface area contributed by atoms with E-state index in [9.17, 15) is 19.8 Å². The van der Waals surface area contributed by atoms with Crippen LogP contribution in [0.4, 0.5) is 4.39 Å². The number of rotatable bonds is 8. The van der Waals surface area contributed by atoms with E-state index in [1.807, 2.05) is 6.92 Å². The van der Waals surface area contributed by atoms with Crippen LogP contribution in [0.3, 0.4) is 0 Å². The van der Waals surface area contributed by atoms with Crippen LogP contribution in [0.25, 0.3) is 0 Å². The van der Waals surface area contributed by atoms with Gasteiger partial charge in [0.1, 0.15) is 5.82 Å². The lowest BCUT2D eigenvalue weighted by Crippen LogP contribution is -2.46. The van der Waals surface area contributed by atoms with E-state index in [0.717, 1.165) is 0 Å². The lowest BCUT2D eigenvalue weighted by molar-refractivity contribution is -0.0884. The molecule has 2 aliphatic heterocycles. The number of hydrogen-bond acceptors (Lipinski definition) is 5. The van der Waals surface area contributed by atoms with Gasteiger partial charge in [0.2, 0.25) is 0 Å². The van der Waals surface area contributed by atoms with Crippen molar-refractivity contribution in [3.05, 3.63) is 105 Å². The summed E-state index contributed by atoms with van der Waals surface area (Å²) in [6.07, 6.45) is 1.55. The van der Waals surface area contributed by atoms with Gasteiger partial charge in [-0.3, -0.25) is 9.69 Å². The fraction of sp³-hybridized carbons (Fsp3) is 0.355. The number of ether oxygens (including phenoxy) is 2. The summed E-state index contributed by atoms with van der Waals surface area (Å²) in [4.78, 5) is 27.5. The van der Waals surface area contributed by atoms with Gasteiger partial charge in [0.15, 0.2) is 5.72 Å². The normalized spacial score (nSPS) is 20.8. The first-order valence-corrected chi connectivity index (χ1v) is 13.6. The van der Waals surface area contributed by atoms with Gasteiger partial charge < -0.3 is 19.7 Å². The third-order valence-electron chi connectivity index (χ3n) is 8.33. The number of carbonyl (C=O) groups excluding carboxylic acids is 1. The Morgan fingerprint density at radius 1 is 1.18 bits per heavy atom. The molecule has 1 saturated heterocycles. The van der Waals surface area contributed by atoms with Gasteiger partial charge >= 0.3 is 5.97 Å². The topological polar surface area (TPSA) is 96.3 Å². The Morgan fingerprint density at radius 2 is 1.85 bits per heavy atom. The SMILES string of the molecule is CC[C@](O)(c1cc(F)c2c(c1)C(=O)N(Cc1ccccc1C(=O)O)[C@@]2(OC)c1ccc(Cl)cc1)C1CCOCC1. The van der Waals surface area contributed by atoms with Gasteiger partial charge in [-0.1, -0.05) is 48.9 Å². The number of aliphatic hydroxyl groups is 1. The molecule has 5 rings (SSSR count). The van der Waals surface area contributed by atoms with E-state index in [-0.39, 0.29) is 29.2 Å². The molecule has 2 atom stereocenters. The van der Waals surface area contributed by atoms with Crippen molar-refractivity contribution < 1.29 is 33.7 Å². The Balaban J connectivity index is 1.71. The predicted octanol–water partition coefficient (Wildman–Crippen LogP) is 5.71. The maximum absolute atomic E-state index is 16.4. The molecular weight excluding hydrogens is 537 g/mol. The van der Waals surface area contributed by atoms with Crippen molar-refractivity contribution in [3.8, 4) is 0 Å². The molecule has 0 unspecified atom stereocenters. The molecule has 9 heteroatoms. The zero-order valence-electron chi connectivity index (χ0n) is 22.3. The number of carbonyl (C=O) groups is 2. The van der Waals surface area contributed by atoms with Crippen LogP contribution >= 0.6 is 11.6 Å². The monoisotopic (exact) mass is 567 g/mol. The molecule has 0 bridgehead atoms. The maximum Gasteiger partial charge on any atom is 0.336 e. The number of carboxylic acid groups (broad SMARTS) is 1. The third-order valence-corrected chi connectivity index (χ3v) is 8.58. The first-order valence-electron chi connectivity index (χ1n) is 13.3. The van der Waals surface area contributed by atoms with Crippen molar-refractivity contribution in [1.29, 1.82) is 0 Å². The van der Waals surface area contributed by atoms with Crippen LogP contribution < -0.4 is 0 Å². The van der Waals surface area contributed by atoms with Crippen LogP contribution in [0.15, 0.2) is 60.7 Å². The number of halogens is 2. The summed E-state index contributed by atoms with van der Waals surface area (Å²) in [6, 6.07) is 15.8. The van der Waals surface area contributed by atoms with Gasteiger partial charge in [0.25, 0.3) is 5.91 Å². The van der Waals surface area contributed by atoms with Gasteiger partial charge in [-0.05, 0) is 66.6 Å². The molecule has 0 spiro atoms. The van der Waals surface area contributed by atoms with Gasteiger partial charge in [-0.2, -0.15) is 0 Å². The molecule has 2 heterocycles. The molecular formula is C31H31ClFNO6. The van der Waals surface area contributed by atoms with Gasteiger partial charge in [-0.15, -0.1) is 0 Å². The highest BCUT2D eigenvalue weighted by Gasteiger charge is 2.54. The first-order chi connectivity index (χ1) is 19.2. The van der Waals surface area contributed by atoms with Crippen molar-refractivity contribution in [1.82, 2.24) is 4.90 Å². The highest BCUT2D eigenvalue weighted by atomic mass is 35.5. The number of fused-ring (bicyclic) bond motifs is 1. The van der Waals surface area contributed by atoms with E-state index in [1.165, 1.54) is 24.1 Å². The molecule has 40 heavy (non-hydrogen) atoms. The summed E-state index contributed by atoms with van der Waals surface area (Å²) in [7, 11) is 1.38. The fourth-order valence-corrected chi connectivity index (χ4v) is 6.35. The largest absolute Gasteiger partial charge is 0.478 e. The number of nitrogens with zero attached hydrogens (tertiary/aromatic N) is 1. The molecule has 7 nitrogen and oxygen atoms in total. The summed E-state index contributed by atoms with van der Waals surface area (Å²) in [5, 5.41) is 22.1. The van der Waals surface area contributed by atoms with Crippen LogP contribution in [0, 0.1) is 11.7 Å². The average molecular weight is 568 g/mol. The summed E-state index contributed by atoms with van der Waals surface area (Å²) < 4.78 is 27.9. The second-order valence-electron chi connectivity index (χ2n) is 10.3. The first kappa shape index (κ1) is 28.2. The third kappa shape index (κ3) is 4.49. The minimum atomic E-state index is -1.71. The van der Waals surface area contributed by atoms with Crippen LogP contribution in [-0.2, 0) is 27.3 Å². The standard InChI is InChI=1S/C31H31ClFNO6/c1-3-30(38,20-12-14-40-15-13-20)22-16-25-27(26(33)17-22)31(39-2,21-8-10-23(32)11-9-21)34(28(25)35)18-19-6-4-5-7-24(19)29(36)37/h4-11,16-17,20,38H,3,12-15,18H2,1-2H3,(H,36,37)/t30-,31-/m1/s1. The van der Waals surface area contributed by atoms with E-state index in [4.69, 9.17) is 21.1 Å². The number of aromatic carboxylic acids is 1. The van der Waals surface area contributed by atoms with Crippen LogP contribution in [0.1, 0.15) is 69.2 Å². The van der Waals surface area contributed by atoms with E-state index in [0.29, 0.717) is 54.2 Å². The van der Waals surface area contributed by atoms with Gasteiger partial charge in [0.05, 0.1) is 28.8 Å². The highest BCUT2D eigenvalue weighted by molar-refractivity contribution is 6.30. The smallest absolute Gasteiger partial charge is 0.336 e. The molecule has 2 N–H and O–H groups in total. The zero-order valence-corrected chi connectivity index (χ0v) is 23.1. The Morgan fingerprint density at radius 3 is 2.48 bits per heavy atom. The fourth-order valence-electron chi connectivity index (χ4n) is 6.22. The molecule has 3 aromatic rings. The molecule has 2 aliphatic rings. The van der Waals surface area contributed by atoms with E-state index in [2.05, 4.69) is 0 Å². The summed E-state index contributed by atoms with van der Waals surface area (Å²) in [6.45, 7) is 2.67. The Kier molecular flexibility index (Phi) is 7.72. The Labute approximate surface area is 237 Å². The second kappa shape index (κ2) is 10.9. The van der Waals surface area contributed by atoms with Crippen LogP contribution in [0.5, 0.6) is 0 Å². The Bertz CT molecular complexity index is 1440. The molecule has 0 aromatic heterocycles. The maximum atomic E-state index is 16.4. The van der Waals surface area contributed by atoms with E-state index >= 15 is 4.39 Å². The number of amides is 1. The zero-order chi connectivity index (χ0) is 28.7. The molecule has 210 valence electrons. The summed E-state index contributed by atoms with van der Waals surface area (Å²) in [5.41, 5.74) is -1.87. The highest BCUT2D eigenvalue weighted by Crippen LogP contribution is 2.49. The van der Waals surface area contributed by atoms with E-state index in [1.54, 1.807) is 48.5 Å². The predicted molar refractivity (Wildman–Crippen MR) is 147 cm³/mol. The van der Waals surface area contributed by atoms with Crippen molar-refractivity contribution >= 4 is 23.5 Å². The molecule has 1 fully saturated rings. The Hall–Kier alpha value is -3.30. The number of carboxylic acids is 1. The lowest BCUT2D eigenvalue weighted by atomic mass is 9.74. The van der Waals surface area contributed by atoms with Crippen molar-refractivity contribution in [3.63, 3.8) is 0 Å². The number of hydrogen-bond donors (Lipinski definition) is 2. The summed E-state index contributed by atoms with van der Waals surface area (Å²) in [5.74, 6) is -2.56. The molecule has 0 saturated carbocycles. The molecule has 1 amide bonds. The summed E-state index contributed by atoms with van der Waals surface area (Å²) >= 11 is 6.15. The van der Waals surface area contributed by atoms with Crippen molar-refractivity contribution in [2.75, 3.05) is 20.3 Å². The number of benzene rings is 3. The van der Waals surface area contributed by atoms with Crippen molar-refractivity contribution in [2.45, 2.75) is 44.1 Å². The lowest BCUT2D eigenvalue weighted by Gasteiger charge is -2.39. The van der Waals surface area contributed by atoms with Crippen LogP contribution in [-0.4, -0.2) is 47.3 Å².